The van der Waals surface area contributed by atoms with Crippen molar-refractivity contribution in [1.29, 1.82) is 0 Å². The number of rotatable bonds is 0. The zero-order valence-corrected chi connectivity index (χ0v) is 12.5. The lowest BCUT2D eigenvalue weighted by Crippen LogP contribution is -2.73. The molecule has 2 aliphatic heterocycles. The van der Waals surface area contributed by atoms with Gasteiger partial charge in [-0.15, -0.1) is 0 Å². The topological polar surface area (TPSA) is 99.4 Å². The molecule has 0 aromatic rings. The molecule has 4 aliphatic rings. The van der Waals surface area contributed by atoms with Crippen molar-refractivity contribution in [3.05, 3.63) is 0 Å². The van der Waals surface area contributed by atoms with Gasteiger partial charge in [-0.05, 0) is 19.8 Å². The Labute approximate surface area is 123 Å². The van der Waals surface area contributed by atoms with Crippen molar-refractivity contribution >= 4 is 0 Å². The van der Waals surface area contributed by atoms with Crippen LogP contribution >= 0.6 is 0 Å². The summed E-state index contributed by atoms with van der Waals surface area (Å²) in [6.45, 7) is 3.87. The van der Waals surface area contributed by atoms with E-state index in [4.69, 9.17) is 9.47 Å². The van der Waals surface area contributed by atoms with Crippen LogP contribution in [0.15, 0.2) is 0 Å². The monoisotopic (exact) mass is 300 g/mol. The molecule has 2 heterocycles. The molecule has 4 rings (SSSR count). The predicted octanol–water partition coefficient (Wildman–Crippen LogP) is -0.473. The summed E-state index contributed by atoms with van der Waals surface area (Å²) in [7, 11) is 0. The first-order valence-electron chi connectivity index (χ1n) is 7.69. The van der Waals surface area contributed by atoms with E-state index in [9.17, 15) is 20.4 Å². The van der Waals surface area contributed by atoms with E-state index in [1.165, 1.54) is 0 Å². The molecular formula is C15H24O6. The Kier molecular flexibility index (Phi) is 2.48. The second-order valence-corrected chi connectivity index (χ2v) is 8.14. The van der Waals surface area contributed by atoms with Crippen molar-refractivity contribution in [1.82, 2.24) is 0 Å². The fraction of sp³-hybridized carbons (Fsp3) is 1.00. The molecule has 2 saturated carbocycles. The molecular weight excluding hydrogens is 276 g/mol. The fourth-order valence-electron chi connectivity index (χ4n) is 5.42. The molecule has 0 amide bonds. The van der Waals surface area contributed by atoms with Crippen LogP contribution in [0.5, 0.6) is 0 Å². The van der Waals surface area contributed by atoms with Gasteiger partial charge in [0.2, 0.25) is 0 Å². The van der Waals surface area contributed by atoms with Crippen LogP contribution in [0, 0.1) is 10.8 Å². The second kappa shape index (κ2) is 3.63. The summed E-state index contributed by atoms with van der Waals surface area (Å²) in [6.07, 6.45) is -0.127. The van der Waals surface area contributed by atoms with Crippen LogP contribution < -0.4 is 0 Å². The minimum absolute atomic E-state index is 0.0503. The Hall–Kier alpha value is -0.240. The van der Waals surface area contributed by atoms with Crippen LogP contribution in [-0.4, -0.2) is 62.8 Å². The van der Waals surface area contributed by atoms with Gasteiger partial charge in [-0.1, -0.05) is 6.92 Å². The van der Waals surface area contributed by atoms with Crippen LogP contribution in [0.2, 0.25) is 0 Å². The highest BCUT2D eigenvalue weighted by Gasteiger charge is 2.78. The highest BCUT2D eigenvalue weighted by atomic mass is 16.6. The molecule has 120 valence electrons. The molecule has 1 unspecified atom stereocenters. The van der Waals surface area contributed by atoms with Crippen LogP contribution in [0.25, 0.3) is 0 Å². The van der Waals surface area contributed by atoms with E-state index in [-0.39, 0.29) is 19.6 Å². The van der Waals surface area contributed by atoms with Crippen LogP contribution in [0.4, 0.5) is 0 Å². The lowest BCUT2D eigenvalue weighted by Gasteiger charge is -2.65. The normalized spacial score (nSPS) is 66.0. The number of hydrogen-bond acceptors (Lipinski definition) is 6. The van der Waals surface area contributed by atoms with E-state index in [0.717, 1.165) is 0 Å². The molecule has 0 radical (unpaired) electrons. The Bertz CT molecular complexity index is 495. The summed E-state index contributed by atoms with van der Waals surface area (Å²) >= 11 is 0. The van der Waals surface area contributed by atoms with Crippen LogP contribution in [0.3, 0.4) is 0 Å². The summed E-state index contributed by atoms with van der Waals surface area (Å²) in [5.74, 6) is -1.31. The summed E-state index contributed by atoms with van der Waals surface area (Å²) in [5, 5.41) is 42.5. The average molecular weight is 300 g/mol. The highest BCUT2D eigenvalue weighted by Crippen LogP contribution is 2.70. The third kappa shape index (κ3) is 1.44. The number of hydrogen-bond donors (Lipinski definition) is 4. The molecule has 4 fully saturated rings. The molecule has 2 aliphatic carbocycles. The minimum Gasteiger partial charge on any atom is -0.387 e. The number of aliphatic hydroxyl groups is 4. The second-order valence-electron chi connectivity index (χ2n) is 8.14. The fourth-order valence-corrected chi connectivity index (χ4v) is 5.42. The van der Waals surface area contributed by atoms with Crippen LogP contribution in [-0.2, 0) is 9.47 Å². The van der Waals surface area contributed by atoms with Crippen molar-refractivity contribution in [3.63, 3.8) is 0 Å². The SMILES string of the molecule is C[C@]12C[C@]3(O)C[C@@]1(O)COC1[C@H](O)[C@](C)(O)CC[C@@]12CO3. The molecule has 6 heteroatoms. The molecule has 0 aromatic heterocycles. The Morgan fingerprint density at radius 2 is 1.71 bits per heavy atom. The van der Waals surface area contributed by atoms with Gasteiger partial charge in [0.1, 0.15) is 6.10 Å². The Morgan fingerprint density at radius 1 is 1.00 bits per heavy atom. The maximum Gasteiger partial charge on any atom is 0.168 e. The maximum absolute atomic E-state index is 11.1. The standard InChI is InChI=1S/C15H24O6/c1-11(17)3-4-13-7-21-15(19)5-12(13,2)14(18,6-15)8-20-10(13)9(11)16/h9-10,16-19H,3-8H2,1-2H3/t9-,10?,11+,12+,13+,14+,15+/m0/s1. The van der Waals surface area contributed by atoms with Gasteiger partial charge < -0.3 is 29.9 Å². The third-order valence-electron chi connectivity index (χ3n) is 6.97. The van der Waals surface area contributed by atoms with Gasteiger partial charge in [0, 0.05) is 23.7 Å². The van der Waals surface area contributed by atoms with Gasteiger partial charge in [-0.2, -0.15) is 0 Å². The minimum atomic E-state index is -1.31. The summed E-state index contributed by atoms with van der Waals surface area (Å²) < 4.78 is 11.5. The molecule has 2 saturated heterocycles. The van der Waals surface area contributed by atoms with Gasteiger partial charge in [0.15, 0.2) is 5.79 Å². The first-order valence-corrected chi connectivity index (χ1v) is 7.69. The van der Waals surface area contributed by atoms with Crippen molar-refractivity contribution < 1.29 is 29.9 Å². The van der Waals surface area contributed by atoms with E-state index in [2.05, 4.69) is 0 Å². The smallest absolute Gasteiger partial charge is 0.168 e. The molecule has 21 heavy (non-hydrogen) atoms. The lowest BCUT2D eigenvalue weighted by atomic mass is 9.48. The van der Waals surface area contributed by atoms with Gasteiger partial charge in [-0.25, -0.2) is 0 Å². The van der Waals surface area contributed by atoms with Crippen molar-refractivity contribution in [2.45, 2.75) is 68.7 Å². The third-order valence-corrected chi connectivity index (χ3v) is 6.97. The van der Waals surface area contributed by atoms with E-state index < -0.39 is 40.0 Å². The number of ether oxygens (including phenoxy) is 2. The number of aliphatic hydroxyl groups excluding tert-OH is 1. The summed E-state index contributed by atoms with van der Waals surface area (Å²) in [4.78, 5) is 0. The van der Waals surface area contributed by atoms with E-state index in [1.807, 2.05) is 6.92 Å². The Morgan fingerprint density at radius 3 is 2.43 bits per heavy atom. The van der Waals surface area contributed by atoms with E-state index in [0.29, 0.717) is 19.3 Å². The molecule has 4 N–H and O–H groups in total. The zero-order chi connectivity index (χ0) is 15.3. The first-order chi connectivity index (χ1) is 9.58. The van der Waals surface area contributed by atoms with Crippen molar-refractivity contribution in [2.75, 3.05) is 13.2 Å². The largest absolute Gasteiger partial charge is 0.387 e. The van der Waals surface area contributed by atoms with Crippen LogP contribution in [0.1, 0.15) is 39.5 Å². The lowest BCUT2D eigenvalue weighted by molar-refractivity contribution is -0.343. The van der Waals surface area contributed by atoms with Gasteiger partial charge in [0.05, 0.1) is 30.5 Å². The summed E-state index contributed by atoms with van der Waals surface area (Å²) in [6, 6.07) is 0. The van der Waals surface area contributed by atoms with Gasteiger partial charge in [0.25, 0.3) is 0 Å². The zero-order valence-electron chi connectivity index (χ0n) is 12.5. The van der Waals surface area contributed by atoms with Gasteiger partial charge >= 0.3 is 0 Å². The van der Waals surface area contributed by atoms with Crippen molar-refractivity contribution in [3.8, 4) is 0 Å². The first kappa shape index (κ1) is 14.4. The molecule has 2 bridgehead atoms. The quantitative estimate of drug-likeness (QED) is 0.482. The summed E-state index contributed by atoms with van der Waals surface area (Å²) in [5.41, 5.74) is -3.52. The number of fused-ring (bicyclic) bond motifs is 1. The van der Waals surface area contributed by atoms with Crippen molar-refractivity contribution in [2.24, 2.45) is 10.8 Å². The van der Waals surface area contributed by atoms with E-state index in [1.54, 1.807) is 6.92 Å². The highest BCUT2D eigenvalue weighted by molar-refractivity contribution is 5.24. The molecule has 0 aromatic carbocycles. The van der Waals surface area contributed by atoms with Gasteiger partial charge in [-0.3, -0.25) is 0 Å². The predicted molar refractivity (Wildman–Crippen MR) is 71.2 cm³/mol. The van der Waals surface area contributed by atoms with E-state index >= 15 is 0 Å². The molecule has 1 spiro atoms. The Balaban J connectivity index is 1.84. The molecule has 6 nitrogen and oxygen atoms in total. The maximum atomic E-state index is 11.1. The average Bonchev–Trinajstić information content (AvgIpc) is 2.58. The molecule has 7 atom stereocenters.